The molecule has 0 bridgehead atoms. The van der Waals surface area contributed by atoms with Gasteiger partial charge in [0, 0.05) is 0 Å². The van der Waals surface area contributed by atoms with Crippen LogP contribution in [0.5, 0.6) is 0 Å². The van der Waals surface area contributed by atoms with E-state index in [2.05, 4.69) is 27.7 Å². The number of hydrogen-bond donors (Lipinski definition) is 0. The van der Waals surface area contributed by atoms with Gasteiger partial charge in [0.05, 0.1) is 0 Å². The predicted molar refractivity (Wildman–Crippen MR) is 309 cm³/mol. The van der Waals surface area contributed by atoms with Gasteiger partial charge in [-0.1, -0.05) is 105 Å². The zero-order chi connectivity index (χ0) is 46.9. The van der Waals surface area contributed by atoms with Crippen molar-refractivity contribution in [3.8, 4) is 0 Å². The quantitative estimate of drug-likeness (QED) is 0.0421. The van der Waals surface area contributed by atoms with Crippen LogP contribution in [-0.2, 0) is 0 Å². The van der Waals surface area contributed by atoms with Crippen LogP contribution in [0.15, 0.2) is 0 Å². The molecule has 0 rings (SSSR count). The molecular weight excluding hydrogens is 800 g/mol. The smallest absolute Gasteiger partial charge is 0.0654 e. The van der Waals surface area contributed by atoms with Crippen LogP contribution < -0.4 is 0 Å². The molecule has 0 aliphatic rings. The molecule has 0 saturated heterocycles. The minimum Gasteiger partial charge on any atom is -0.0654 e. The average Bonchev–Trinajstić information content (AvgIpc) is 3.32. The molecule has 0 aromatic rings. The maximum atomic E-state index is 2.34. The van der Waals surface area contributed by atoms with Crippen LogP contribution in [0.4, 0.5) is 0 Å². The summed E-state index contributed by atoms with van der Waals surface area (Å²) in [5.74, 6) is 0. The van der Waals surface area contributed by atoms with E-state index < -0.39 is 7.26 Å². The first-order chi connectivity index (χ1) is 32.2. The molecule has 0 spiro atoms. The van der Waals surface area contributed by atoms with Crippen LogP contribution in [0.1, 0.15) is 387 Å². The zero-order valence-electron chi connectivity index (χ0n) is 46.9. The molecule has 0 radical (unpaired) electrons. The molecule has 0 aliphatic heterocycles. The van der Waals surface area contributed by atoms with Crippen molar-refractivity contribution in [1.29, 1.82) is 0 Å². The Kier molecular flexibility index (Phi) is 59.1. The molecule has 0 unspecified atom stereocenters. The summed E-state index contributed by atoms with van der Waals surface area (Å²) < 4.78 is 0. The van der Waals surface area contributed by atoms with E-state index in [1.165, 1.54) is 308 Å². The monoisotopic (exact) mass is 933 g/mol. The van der Waals surface area contributed by atoms with Crippen LogP contribution in [0.2, 0.25) is 0 Å². The van der Waals surface area contributed by atoms with Gasteiger partial charge in [0.25, 0.3) is 0 Å². The van der Waals surface area contributed by atoms with Crippen molar-refractivity contribution < 1.29 is 0 Å². The topological polar surface area (TPSA) is 0 Å². The Morgan fingerprint density at radius 2 is 0.215 bits per heavy atom. The van der Waals surface area contributed by atoms with Crippen molar-refractivity contribution in [2.75, 3.05) is 24.6 Å². The molecule has 0 amide bonds. The van der Waals surface area contributed by atoms with Crippen molar-refractivity contribution in [1.82, 2.24) is 0 Å². The third kappa shape index (κ3) is 53.6. The first-order valence-electron chi connectivity index (χ1n) is 32.2. The SMILES string of the molecule is CCCCCCCCCCCCCCCCCCC[PH](CCCCCCCCCCCCCCC)(CCCCCCCCCCCCCCC)CCCCCCCCCCCCCCC. The van der Waals surface area contributed by atoms with Gasteiger partial charge in [0.15, 0.2) is 0 Å². The van der Waals surface area contributed by atoms with Gasteiger partial charge in [-0.2, -0.15) is 0 Å². The molecule has 394 valence electrons. The van der Waals surface area contributed by atoms with Crippen LogP contribution in [0.3, 0.4) is 0 Å². The Labute approximate surface area is 417 Å². The maximum absolute atomic E-state index is 2.34. The third-order valence-electron chi connectivity index (χ3n) is 16.2. The second-order valence-corrected chi connectivity index (χ2v) is 27.9. The zero-order valence-corrected chi connectivity index (χ0v) is 47.9. The second kappa shape index (κ2) is 58.7. The van der Waals surface area contributed by atoms with E-state index in [4.69, 9.17) is 0 Å². The molecule has 1 heteroatoms. The molecular formula is C64H133P. The van der Waals surface area contributed by atoms with Crippen LogP contribution in [-0.4, -0.2) is 24.6 Å². The summed E-state index contributed by atoms with van der Waals surface area (Å²) >= 11 is 0. The fourth-order valence-electron chi connectivity index (χ4n) is 11.5. The standard InChI is InChI=1S/C64H133P/c1-5-9-13-17-21-25-29-33-34-35-36-40-44-48-52-56-60-64-65(61-57-53-49-45-41-37-30-26-22-18-14-10-6-2,62-58-54-50-46-42-38-31-27-23-19-15-11-7-3)63-59-55-51-47-43-39-32-28-24-20-16-12-8-4/h65H,5-64H2,1-4H3. The molecule has 0 N–H and O–H groups in total. The van der Waals surface area contributed by atoms with Gasteiger partial charge in [0.1, 0.15) is 0 Å². The van der Waals surface area contributed by atoms with E-state index in [0.29, 0.717) is 0 Å². The van der Waals surface area contributed by atoms with Crippen LogP contribution in [0.25, 0.3) is 0 Å². The number of hydrogen-bond acceptors (Lipinski definition) is 0. The Morgan fingerprint density at radius 1 is 0.123 bits per heavy atom. The van der Waals surface area contributed by atoms with Crippen molar-refractivity contribution in [3.05, 3.63) is 0 Å². The van der Waals surface area contributed by atoms with Gasteiger partial charge in [-0.15, -0.1) is 0 Å². The van der Waals surface area contributed by atoms with Crippen LogP contribution in [0, 0.1) is 0 Å². The van der Waals surface area contributed by atoms with E-state index in [9.17, 15) is 0 Å². The van der Waals surface area contributed by atoms with Gasteiger partial charge in [-0.05, 0) is 0 Å². The van der Waals surface area contributed by atoms with Crippen molar-refractivity contribution in [3.63, 3.8) is 0 Å². The predicted octanol–water partition coefficient (Wildman–Crippen LogP) is 24.7. The summed E-state index contributed by atoms with van der Waals surface area (Å²) in [4.78, 5) is 0. The van der Waals surface area contributed by atoms with Gasteiger partial charge in [0.2, 0.25) is 0 Å². The Morgan fingerprint density at radius 3 is 0.323 bits per heavy atom. The molecule has 0 aliphatic carbocycles. The Balaban J connectivity index is 4.90. The van der Waals surface area contributed by atoms with Gasteiger partial charge in [-0.3, -0.25) is 0 Å². The Bertz CT molecular complexity index is 729. The van der Waals surface area contributed by atoms with Gasteiger partial charge < -0.3 is 0 Å². The minimum atomic E-state index is -1.21. The summed E-state index contributed by atoms with van der Waals surface area (Å²) in [6.07, 6.45) is 90.6. The summed E-state index contributed by atoms with van der Waals surface area (Å²) in [6.45, 7) is 9.35. The van der Waals surface area contributed by atoms with E-state index in [1.54, 1.807) is 76.0 Å². The first kappa shape index (κ1) is 65.4. The number of rotatable bonds is 60. The van der Waals surface area contributed by atoms with Crippen molar-refractivity contribution in [2.45, 2.75) is 387 Å². The van der Waals surface area contributed by atoms with E-state index in [0.717, 1.165) is 0 Å². The third-order valence-corrected chi connectivity index (χ3v) is 21.9. The summed E-state index contributed by atoms with van der Waals surface area (Å²) in [5, 5.41) is 0. The molecule has 0 fully saturated rings. The van der Waals surface area contributed by atoms with Crippen molar-refractivity contribution in [2.24, 2.45) is 0 Å². The summed E-state index contributed by atoms with van der Waals surface area (Å²) in [7, 11) is -1.21. The van der Waals surface area contributed by atoms with E-state index >= 15 is 0 Å². The fourth-order valence-corrected chi connectivity index (χ4v) is 17.0. The summed E-state index contributed by atoms with van der Waals surface area (Å²) in [6, 6.07) is 0. The molecule has 0 aromatic heterocycles. The average molecular weight is 934 g/mol. The van der Waals surface area contributed by atoms with Gasteiger partial charge in [-0.25, -0.2) is 0 Å². The van der Waals surface area contributed by atoms with E-state index in [-0.39, 0.29) is 0 Å². The fraction of sp³-hybridized carbons (Fsp3) is 1.00. The molecule has 0 heterocycles. The molecule has 0 atom stereocenters. The minimum absolute atomic E-state index is 1.21. The first-order valence-corrected chi connectivity index (χ1v) is 35.1. The number of unbranched alkanes of at least 4 members (excludes halogenated alkanes) is 52. The van der Waals surface area contributed by atoms with Gasteiger partial charge >= 0.3 is 314 Å². The molecule has 0 saturated carbocycles. The van der Waals surface area contributed by atoms with Crippen LogP contribution >= 0.6 is 7.26 Å². The normalized spacial score (nSPS) is 12.2. The molecule has 0 nitrogen and oxygen atoms in total. The van der Waals surface area contributed by atoms with Crippen molar-refractivity contribution >= 4 is 7.26 Å². The second-order valence-electron chi connectivity index (χ2n) is 22.9. The Hall–Kier alpha value is 0.430. The molecule has 65 heavy (non-hydrogen) atoms. The summed E-state index contributed by atoms with van der Waals surface area (Å²) in [5.41, 5.74) is 0. The van der Waals surface area contributed by atoms with E-state index in [1.807, 2.05) is 0 Å². The molecule has 0 aromatic carbocycles.